The van der Waals surface area contributed by atoms with Crippen LogP contribution < -0.4 is 5.56 Å². The van der Waals surface area contributed by atoms with E-state index in [1.54, 1.807) is 0 Å². The average Bonchev–Trinajstić information content (AvgIpc) is 2.84. The topological polar surface area (TPSA) is 71.5 Å². The van der Waals surface area contributed by atoms with Crippen molar-refractivity contribution in [2.75, 3.05) is 0 Å². The van der Waals surface area contributed by atoms with Crippen molar-refractivity contribution in [2.24, 2.45) is 0 Å². The fourth-order valence-electron chi connectivity index (χ4n) is 1.83. The Bertz CT molecular complexity index is 762. The second-order valence-corrected chi connectivity index (χ2v) is 4.68. The summed E-state index contributed by atoms with van der Waals surface area (Å²) in [5, 5.41) is 9.88. The van der Waals surface area contributed by atoms with Crippen LogP contribution in [0.25, 0.3) is 21.5 Å². The predicted molar refractivity (Wildman–Crippen MR) is 70.6 cm³/mol. The molecule has 90 valence electrons. The van der Waals surface area contributed by atoms with Crippen LogP contribution in [0.15, 0.2) is 29.1 Å². The average molecular weight is 258 g/mol. The number of fused-ring (bicyclic) bond motifs is 1. The zero-order chi connectivity index (χ0) is 12.5. The first-order chi connectivity index (χ1) is 8.79. The third-order valence-corrected chi connectivity index (χ3v) is 3.62. The van der Waals surface area contributed by atoms with E-state index in [0.717, 1.165) is 29.2 Å². The minimum Gasteiger partial charge on any atom is -0.266 e. The van der Waals surface area contributed by atoms with E-state index in [9.17, 15) is 4.79 Å². The number of rotatable bonds is 2. The Morgan fingerprint density at radius 1 is 1.39 bits per heavy atom. The molecule has 0 spiro atoms. The second-order valence-electron chi connectivity index (χ2n) is 3.90. The molecule has 0 fully saturated rings. The summed E-state index contributed by atoms with van der Waals surface area (Å²) in [4.78, 5) is 11.6. The Balaban J connectivity index is 2.25. The number of hydrogen-bond donors (Lipinski definition) is 1. The Hall–Kier alpha value is -2.08. The molecule has 1 aromatic carbocycles. The summed E-state index contributed by atoms with van der Waals surface area (Å²) < 4.78 is 4.84. The van der Waals surface area contributed by atoms with Gasteiger partial charge in [0, 0.05) is 5.56 Å². The van der Waals surface area contributed by atoms with Gasteiger partial charge in [-0.25, -0.2) is 5.10 Å². The highest BCUT2D eigenvalue weighted by molar-refractivity contribution is 7.13. The van der Waals surface area contributed by atoms with Gasteiger partial charge in [-0.05, 0) is 29.6 Å². The number of hydrogen-bond acceptors (Lipinski definition) is 5. The molecule has 0 atom stereocenters. The molecule has 0 unspecified atom stereocenters. The zero-order valence-corrected chi connectivity index (χ0v) is 10.5. The van der Waals surface area contributed by atoms with Crippen molar-refractivity contribution in [3.8, 4) is 11.3 Å². The number of aromatic nitrogens is 4. The Labute approximate surface area is 107 Å². The second kappa shape index (κ2) is 4.30. The zero-order valence-electron chi connectivity index (χ0n) is 9.67. The van der Waals surface area contributed by atoms with Crippen molar-refractivity contribution < 1.29 is 0 Å². The van der Waals surface area contributed by atoms with Gasteiger partial charge in [0.2, 0.25) is 0 Å². The Morgan fingerprint density at radius 3 is 3.11 bits per heavy atom. The maximum atomic E-state index is 11.6. The van der Waals surface area contributed by atoms with Crippen LogP contribution in [0.2, 0.25) is 0 Å². The lowest BCUT2D eigenvalue weighted by molar-refractivity contribution is 0.875. The molecule has 0 aliphatic carbocycles. The molecule has 3 rings (SSSR count). The van der Waals surface area contributed by atoms with E-state index in [-0.39, 0.29) is 5.56 Å². The third-order valence-electron chi connectivity index (χ3n) is 2.78. The Kier molecular flexibility index (Phi) is 2.64. The fraction of sp³-hybridized carbons (Fsp3) is 0.167. The van der Waals surface area contributed by atoms with Gasteiger partial charge in [0.05, 0.1) is 0 Å². The van der Waals surface area contributed by atoms with E-state index in [1.165, 1.54) is 5.56 Å². The molecule has 0 saturated carbocycles. The summed E-state index contributed by atoms with van der Waals surface area (Å²) >= 11 is 1.15. The summed E-state index contributed by atoms with van der Waals surface area (Å²) in [5.41, 5.74) is 3.25. The first-order valence-electron chi connectivity index (χ1n) is 5.59. The molecule has 0 aliphatic rings. The summed E-state index contributed by atoms with van der Waals surface area (Å²) in [7, 11) is 0. The van der Waals surface area contributed by atoms with Crippen molar-refractivity contribution in [3.63, 3.8) is 0 Å². The number of aromatic amines is 1. The quantitative estimate of drug-likeness (QED) is 0.763. The highest BCUT2D eigenvalue weighted by Crippen LogP contribution is 2.27. The van der Waals surface area contributed by atoms with E-state index in [0.29, 0.717) is 10.2 Å². The van der Waals surface area contributed by atoms with Crippen molar-refractivity contribution in [2.45, 2.75) is 13.3 Å². The summed E-state index contributed by atoms with van der Waals surface area (Å²) in [6.45, 7) is 2.10. The van der Waals surface area contributed by atoms with Crippen LogP contribution in [0, 0.1) is 0 Å². The fourth-order valence-corrected chi connectivity index (χ4v) is 2.55. The van der Waals surface area contributed by atoms with Crippen LogP contribution in [0.5, 0.6) is 0 Å². The normalized spacial score (nSPS) is 10.9. The van der Waals surface area contributed by atoms with Crippen LogP contribution in [0.1, 0.15) is 12.5 Å². The minimum atomic E-state index is -0.240. The van der Waals surface area contributed by atoms with Crippen molar-refractivity contribution in [1.29, 1.82) is 0 Å². The molecular formula is C12H10N4OS. The molecular weight excluding hydrogens is 248 g/mol. The van der Waals surface area contributed by atoms with Gasteiger partial charge in [0.15, 0.2) is 0 Å². The molecule has 6 heteroatoms. The van der Waals surface area contributed by atoms with Gasteiger partial charge in [-0.15, -0.1) is 5.10 Å². The van der Waals surface area contributed by atoms with Gasteiger partial charge in [-0.1, -0.05) is 30.3 Å². The largest absolute Gasteiger partial charge is 0.286 e. The van der Waals surface area contributed by atoms with E-state index >= 15 is 0 Å². The van der Waals surface area contributed by atoms with Gasteiger partial charge in [-0.3, -0.25) is 4.79 Å². The standard InChI is InChI=1S/C12H10N4OS/c1-2-7-4-3-5-8(6-7)9-10-11(18-15-9)12(17)14-16-13-10/h3-6H,2H2,1H3,(H,13,14,17). The predicted octanol–water partition coefficient (Wildman–Crippen LogP) is 2.00. The maximum Gasteiger partial charge on any atom is 0.286 e. The lowest BCUT2D eigenvalue weighted by Crippen LogP contribution is -2.07. The van der Waals surface area contributed by atoms with E-state index < -0.39 is 0 Å². The highest BCUT2D eigenvalue weighted by Gasteiger charge is 2.12. The van der Waals surface area contributed by atoms with Crippen molar-refractivity contribution in [3.05, 3.63) is 40.2 Å². The molecule has 0 radical (unpaired) electrons. The first-order valence-corrected chi connectivity index (χ1v) is 6.37. The molecule has 18 heavy (non-hydrogen) atoms. The molecule has 0 bridgehead atoms. The monoisotopic (exact) mass is 258 g/mol. The van der Waals surface area contributed by atoms with Gasteiger partial charge < -0.3 is 0 Å². The maximum absolute atomic E-state index is 11.6. The van der Waals surface area contributed by atoms with E-state index in [1.807, 2.05) is 12.1 Å². The summed E-state index contributed by atoms with van der Waals surface area (Å²) in [6, 6.07) is 8.09. The molecule has 3 aromatic rings. The third kappa shape index (κ3) is 1.70. The number of nitrogens with one attached hydrogen (secondary N) is 1. The SMILES string of the molecule is CCc1cccc(-c2nsc3c(=O)[nH]nnc23)c1. The first kappa shape index (κ1) is 11.0. The smallest absolute Gasteiger partial charge is 0.266 e. The number of nitrogens with zero attached hydrogens (tertiary/aromatic N) is 3. The number of H-pyrrole nitrogens is 1. The van der Waals surface area contributed by atoms with E-state index in [2.05, 4.69) is 38.8 Å². The highest BCUT2D eigenvalue weighted by atomic mass is 32.1. The van der Waals surface area contributed by atoms with E-state index in [4.69, 9.17) is 0 Å². The summed E-state index contributed by atoms with van der Waals surface area (Å²) in [6.07, 6.45) is 0.960. The van der Waals surface area contributed by atoms with Gasteiger partial charge >= 0.3 is 0 Å². The van der Waals surface area contributed by atoms with Crippen LogP contribution in [-0.2, 0) is 6.42 Å². The molecule has 2 heterocycles. The molecule has 2 aromatic heterocycles. The minimum absolute atomic E-state index is 0.240. The van der Waals surface area contributed by atoms with Crippen LogP contribution in [-0.4, -0.2) is 19.8 Å². The van der Waals surface area contributed by atoms with Crippen molar-refractivity contribution in [1.82, 2.24) is 19.8 Å². The molecule has 0 amide bonds. The van der Waals surface area contributed by atoms with Gasteiger partial charge in [-0.2, -0.15) is 4.37 Å². The lowest BCUT2D eigenvalue weighted by atomic mass is 10.1. The van der Waals surface area contributed by atoms with Gasteiger partial charge in [0.25, 0.3) is 5.56 Å². The number of aryl methyl sites for hydroxylation is 1. The molecule has 0 saturated heterocycles. The lowest BCUT2D eigenvalue weighted by Gasteiger charge is -2.00. The van der Waals surface area contributed by atoms with Crippen LogP contribution >= 0.6 is 11.5 Å². The Morgan fingerprint density at radius 2 is 2.28 bits per heavy atom. The van der Waals surface area contributed by atoms with Crippen molar-refractivity contribution >= 4 is 21.7 Å². The number of benzene rings is 1. The van der Waals surface area contributed by atoms with Crippen LogP contribution in [0.4, 0.5) is 0 Å². The molecule has 1 N–H and O–H groups in total. The molecule has 5 nitrogen and oxygen atoms in total. The van der Waals surface area contributed by atoms with Crippen LogP contribution in [0.3, 0.4) is 0 Å². The summed E-state index contributed by atoms with van der Waals surface area (Å²) in [5.74, 6) is 0. The molecule has 0 aliphatic heterocycles. The van der Waals surface area contributed by atoms with Gasteiger partial charge in [0.1, 0.15) is 15.9 Å².